The Labute approximate surface area is 110 Å². The Morgan fingerprint density at radius 3 is 2.50 bits per heavy atom. The summed E-state index contributed by atoms with van der Waals surface area (Å²) in [4.78, 5) is 2.47. The molecule has 1 aliphatic heterocycles. The van der Waals surface area contributed by atoms with Crippen LogP contribution in [-0.4, -0.2) is 37.6 Å². The Kier molecular flexibility index (Phi) is 5.02. The summed E-state index contributed by atoms with van der Waals surface area (Å²) in [6.07, 6.45) is 2.58. The van der Waals surface area contributed by atoms with Crippen molar-refractivity contribution in [2.75, 3.05) is 38.0 Å². The van der Waals surface area contributed by atoms with Crippen molar-refractivity contribution in [1.82, 2.24) is 4.90 Å². The molecule has 0 atom stereocenters. The van der Waals surface area contributed by atoms with Crippen molar-refractivity contribution >= 4 is 5.69 Å². The number of rotatable bonds is 5. The van der Waals surface area contributed by atoms with Crippen LogP contribution in [0.2, 0.25) is 0 Å². The molecule has 0 aliphatic carbocycles. The molecule has 1 fully saturated rings. The zero-order valence-corrected chi connectivity index (χ0v) is 11.4. The molecule has 1 aromatic rings. The second-order valence-corrected chi connectivity index (χ2v) is 5.32. The summed E-state index contributed by atoms with van der Waals surface area (Å²) < 4.78 is 0. The summed E-state index contributed by atoms with van der Waals surface area (Å²) in [5, 5.41) is 3.55. The van der Waals surface area contributed by atoms with E-state index >= 15 is 0 Å². The minimum absolute atomic E-state index is 0.784. The average molecular weight is 247 g/mol. The van der Waals surface area contributed by atoms with Crippen molar-refractivity contribution in [3.63, 3.8) is 0 Å². The molecule has 18 heavy (non-hydrogen) atoms. The molecule has 100 valence electrons. The van der Waals surface area contributed by atoms with Gasteiger partial charge in [0, 0.05) is 25.3 Å². The van der Waals surface area contributed by atoms with E-state index in [0.29, 0.717) is 0 Å². The number of benzene rings is 1. The van der Waals surface area contributed by atoms with Crippen molar-refractivity contribution in [2.45, 2.75) is 19.8 Å². The molecular formula is C15H25N3. The maximum absolute atomic E-state index is 5.59. The van der Waals surface area contributed by atoms with Gasteiger partial charge in [-0.2, -0.15) is 0 Å². The van der Waals surface area contributed by atoms with E-state index in [0.717, 1.165) is 25.6 Å². The SMILES string of the molecule is Cc1ccc(NCC2CCN(CCN)CC2)cc1. The van der Waals surface area contributed by atoms with Crippen molar-refractivity contribution in [1.29, 1.82) is 0 Å². The first-order valence-corrected chi connectivity index (χ1v) is 7.01. The molecule has 0 saturated carbocycles. The first-order valence-electron chi connectivity index (χ1n) is 7.01. The molecule has 3 nitrogen and oxygen atoms in total. The number of piperidine rings is 1. The van der Waals surface area contributed by atoms with Crippen LogP contribution in [0.25, 0.3) is 0 Å². The Bertz CT molecular complexity index is 339. The fourth-order valence-electron chi connectivity index (χ4n) is 2.53. The summed E-state index contributed by atoms with van der Waals surface area (Å²) in [6, 6.07) is 8.65. The monoisotopic (exact) mass is 247 g/mol. The standard InChI is InChI=1S/C15H25N3/c1-13-2-4-15(5-3-13)17-12-14-6-9-18(10-7-14)11-8-16/h2-5,14,17H,6-12,16H2,1H3. The van der Waals surface area contributed by atoms with Gasteiger partial charge in [-0.05, 0) is 50.9 Å². The molecule has 3 heteroatoms. The van der Waals surface area contributed by atoms with Crippen LogP contribution in [0.5, 0.6) is 0 Å². The number of aryl methyl sites for hydroxylation is 1. The third-order valence-electron chi connectivity index (χ3n) is 3.80. The smallest absolute Gasteiger partial charge is 0.0340 e. The largest absolute Gasteiger partial charge is 0.385 e. The molecule has 1 saturated heterocycles. The van der Waals surface area contributed by atoms with Crippen LogP contribution in [0, 0.1) is 12.8 Å². The zero-order valence-electron chi connectivity index (χ0n) is 11.4. The lowest BCUT2D eigenvalue weighted by molar-refractivity contribution is 0.194. The number of likely N-dealkylation sites (tertiary alicyclic amines) is 1. The van der Waals surface area contributed by atoms with Crippen molar-refractivity contribution in [2.24, 2.45) is 11.7 Å². The molecule has 0 spiro atoms. The maximum Gasteiger partial charge on any atom is 0.0340 e. The minimum Gasteiger partial charge on any atom is -0.385 e. The summed E-state index contributed by atoms with van der Waals surface area (Å²) in [5.74, 6) is 0.806. The van der Waals surface area contributed by atoms with Crippen molar-refractivity contribution in [3.05, 3.63) is 29.8 Å². The van der Waals surface area contributed by atoms with E-state index in [4.69, 9.17) is 5.73 Å². The van der Waals surface area contributed by atoms with Crippen LogP contribution in [0.4, 0.5) is 5.69 Å². The third kappa shape index (κ3) is 4.00. The van der Waals surface area contributed by atoms with E-state index in [1.807, 2.05) is 0 Å². The van der Waals surface area contributed by atoms with Gasteiger partial charge in [0.2, 0.25) is 0 Å². The Hall–Kier alpha value is -1.06. The third-order valence-corrected chi connectivity index (χ3v) is 3.80. The highest BCUT2D eigenvalue weighted by atomic mass is 15.1. The van der Waals surface area contributed by atoms with Gasteiger partial charge in [-0.15, -0.1) is 0 Å². The molecule has 0 bridgehead atoms. The highest BCUT2D eigenvalue weighted by Crippen LogP contribution is 2.18. The number of nitrogens with zero attached hydrogens (tertiary/aromatic N) is 1. The lowest BCUT2D eigenvalue weighted by Gasteiger charge is -2.31. The number of hydrogen-bond donors (Lipinski definition) is 2. The van der Waals surface area contributed by atoms with Gasteiger partial charge in [-0.3, -0.25) is 0 Å². The van der Waals surface area contributed by atoms with Gasteiger partial charge in [-0.1, -0.05) is 17.7 Å². The van der Waals surface area contributed by atoms with E-state index < -0.39 is 0 Å². The molecule has 0 aromatic heterocycles. The number of nitrogens with two attached hydrogens (primary N) is 1. The van der Waals surface area contributed by atoms with Crippen LogP contribution in [0.15, 0.2) is 24.3 Å². The van der Waals surface area contributed by atoms with Crippen molar-refractivity contribution < 1.29 is 0 Å². The van der Waals surface area contributed by atoms with E-state index in [1.165, 1.54) is 37.2 Å². The first-order chi connectivity index (χ1) is 8.78. The number of hydrogen-bond acceptors (Lipinski definition) is 3. The van der Waals surface area contributed by atoms with E-state index in [-0.39, 0.29) is 0 Å². The van der Waals surface area contributed by atoms with Gasteiger partial charge in [0.25, 0.3) is 0 Å². The molecule has 1 aliphatic rings. The fourth-order valence-corrected chi connectivity index (χ4v) is 2.53. The molecule has 3 N–H and O–H groups in total. The normalized spacial score (nSPS) is 17.9. The lowest BCUT2D eigenvalue weighted by Crippen LogP contribution is -2.38. The molecular weight excluding hydrogens is 222 g/mol. The van der Waals surface area contributed by atoms with Gasteiger partial charge < -0.3 is 16.0 Å². The van der Waals surface area contributed by atoms with Gasteiger partial charge in [0.1, 0.15) is 0 Å². The Balaban J connectivity index is 1.70. The van der Waals surface area contributed by atoms with Crippen LogP contribution in [0.1, 0.15) is 18.4 Å². The van der Waals surface area contributed by atoms with Gasteiger partial charge in [0.15, 0.2) is 0 Å². The predicted octanol–water partition coefficient (Wildman–Crippen LogP) is 2.08. The van der Waals surface area contributed by atoms with Gasteiger partial charge >= 0.3 is 0 Å². The average Bonchev–Trinajstić information content (AvgIpc) is 2.40. The lowest BCUT2D eigenvalue weighted by atomic mass is 9.96. The fraction of sp³-hybridized carbons (Fsp3) is 0.600. The highest BCUT2D eigenvalue weighted by molar-refractivity contribution is 5.44. The van der Waals surface area contributed by atoms with E-state index in [9.17, 15) is 0 Å². The summed E-state index contributed by atoms with van der Waals surface area (Å²) >= 11 is 0. The predicted molar refractivity (Wildman–Crippen MR) is 77.9 cm³/mol. The molecule has 2 rings (SSSR count). The Morgan fingerprint density at radius 1 is 1.22 bits per heavy atom. The van der Waals surface area contributed by atoms with E-state index in [1.54, 1.807) is 0 Å². The number of nitrogens with one attached hydrogen (secondary N) is 1. The van der Waals surface area contributed by atoms with Crippen LogP contribution < -0.4 is 11.1 Å². The van der Waals surface area contributed by atoms with Gasteiger partial charge in [-0.25, -0.2) is 0 Å². The maximum atomic E-state index is 5.59. The summed E-state index contributed by atoms with van der Waals surface area (Å²) in [5.41, 5.74) is 8.14. The van der Waals surface area contributed by atoms with Crippen LogP contribution in [-0.2, 0) is 0 Å². The second kappa shape index (κ2) is 6.76. The summed E-state index contributed by atoms with van der Waals surface area (Å²) in [6.45, 7) is 7.47. The quantitative estimate of drug-likeness (QED) is 0.837. The van der Waals surface area contributed by atoms with Crippen molar-refractivity contribution in [3.8, 4) is 0 Å². The van der Waals surface area contributed by atoms with E-state index in [2.05, 4.69) is 41.4 Å². The highest BCUT2D eigenvalue weighted by Gasteiger charge is 2.18. The minimum atomic E-state index is 0.784. The van der Waals surface area contributed by atoms with Crippen LogP contribution in [0.3, 0.4) is 0 Å². The van der Waals surface area contributed by atoms with Gasteiger partial charge in [0.05, 0.1) is 0 Å². The topological polar surface area (TPSA) is 41.3 Å². The first kappa shape index (κ1) is 13.4. The number of anilines is 1. The summed E-state index contributed by atoms with van der Waals surface area (Å²) in [7, 11) is 0. The zero-order chi connectivity index (χ0) is 12.8. The molecule has 0 unspecified atom stereocenters. The molecule has 0 amide bonds. The van der Waals surface area contributed by atoms with Crippen LogP contribution >= 0.6 is 0 Å². The molecule has 0 radical (unpaired) electrons. The second-order valence-electron chi connectivity index (χ2n) is 5.32. The molecule has 1 aromatic carbocycles. The molecule has 1 heterocycles. The Morgan fingerprint density at radius 2 is 1.89 bits per heavy atom.